The van der Waals surface area contributed by atoms with Crippen molar-refractivity contribution in [2.24, 2.45) is 0 Å². The molecule has 9 nitrogen and oxygen atoms in total. The smallest absolute Gasteiger partial charge is 0.350 e. The van der Waals surface area contributed by atoms with Gasteiger partial charge in [0.25, 0.3) is 0 Å². The predicted molar refractivity (Wildman–Crippen MR) is 77.7 cm³/mol. The molecule has 0 fully saturated rings. The van der Waals surface area contributed by atoms with E-state index in [9.17, 15) is 24.5 Å². The number of hydrogen-bond acceptors (Lipinski definition) is 6. The number of H-pyrrole nitrogens is 1. The highest BCUT2D eigenvalue weighted by Gasteiger charge is 2.14. The van der Waals surface area contributed by atoms with Gasteiger partial charge in [0.05, 0.1) is 17.7 Å². The Balaban J connectivity index is 2.41. The van der Waals surface area contributed by atoms with Crippen LogP contribution in [-0.2, 0) is 16.1 Å². The molecule has 1 N–H and O–H groups in total. The molecule has 122 valence electrons. The fourth-order valence-corrected chi connectivity index (χ4v) is 1.93. The quantitative estimate of drug-likeness (QED) is 0.313. The number of nitro groups is 1. The first-order valence-corrected chi connectivity index (χ1v) is 7.09. The molecule has 0 bridgehead atoms. The minimum atomic E-state index is -0.999. The third-order valence-electron chi connectivity index (χ3n) is 3.02. The van der Waals surface area contributed by atoms with Crippen molar-refractivity contribution in [3.63, 3.8) is 0 Å². The Morgan fingerprint density at radius 2 is 2.00 bits per heavy atom. The molecule has 0 aromatic carbocycles. The van der Waals surface area contributed by atoms with E-state index in [0.29, 0.717) is 25.9 Å². The first kappa shape index (κ1) is 17.6. The minimum absolute atomic E-state index is 0.227. The van der Waals surface area contributed by atoms with Gasteiger partial charge in [-0.25, -0.2) is 4.79 Å². The molecule has 0 aliphatic heterocycles. The van der Waals surface area contributed by atoms with Crippen LogP contribution in [0.5, 0.6) is 0 Å². The van der Waals surface area contributed by atoms with Crippen molar-refractivity contribution in [1.29, 1.82) is 0 Å². The van der Waals surface area contributed by atoms with Gasteiger partial charge in [-0.05, 0) is 19.8 Å². The zero-order chi connectivity index (χ0) is 16.5. The molecule has 1 rings (SSSR count). The molecule has 9 heteroatoms. The van der Waals surface area contributed by atoms with Gasteiger partial charge >= 0.3 is 22.9 Å². The zero-order valence-corrected chi connectivity index (χ0v) is 12.4. The van der Waals surface area contributed by atoms with Gasteiger partial charge in [0.1, 0.15) is 0 Å². The second kappa shape index (κ2) is 8.75. The number of ether oxygens (including phenoxy) is 1. The van der Waals surface area contributed by atoms with Crippen LogP contribution in [0.1, 0.15) is 39.0 Å². The molecule has 1 aromatic heterocycles. The fourth-order valence-electron chi connectivity index (χ4n) is 1.93. The monoisotopic (exact) mass is 313 g/mol. The third kappa shape index (κ3) is 5.51. The number of hydrogen-bond donors (Lipinski definition) is 1. The summed E-state index contributed by atoms with van der Waals surface area (Å²) < 4.78 is 5.91. The van der Waals surface area contributed by atoms with E-state index in [2.05, 4.69) is 0 Å². The van der Waals surface area contributed by atoms with E-state index in [-0.39, 0.29) is 12.5 Å². The Labute approximate surface area is 126 Å². The predicted octanol–water partition coefficient (Wildman–Crippen LogP) is 0.958. The molecular formula is C13H19N3O6. The molecule has 0 spiro atoms. The van der Waals surface area contributed by atoms with E-state index in [1.54, 1.807) is 6.92 Å². The SMILES string of the molecule is CCOC(=O)CCCCCCn1cc([N+](=O)[O-])c(=O)[nH]c1=O. The van der Waals surface area contributed by atoms with Crippen LogP contribution >= 0.6 is 0 Å². The molecule has 0 radical (unpaired) electrons. The van der Waals surface area contributed by atoms with E-state index in [1.165, 1.54) is 0 Å². The second-order valence-corrected chi connectivity index (χ2v) is 4.69. The van der Waals surface area contributed by atoms with Gasteiger partial charge in [0, 0.05) is 13.0 Å². The molecule has 0 aliphatic carbocycles. The maximum Gasteiger partial charge on any atom is 0.350 e. The lowest BCUT2D eigenvalue weighted by Gasteiger charge is -2.05. The fraction of sp³-hybridized carbons (Fsp3) is 0.615. The highest BCUT2D eigenvalue weighted by Crippen LogP contribution is 2.06. The van der Waals surface area contributed by atoms with Crippen LogP contribution < -0.4 is 11.2 Å². The van der Waals surface area contributed by atoms with Gasteiger partial charge in [-0.15, -0.1) is 0 Å². The summed E-state index contributed by atoms with van der Waals surface area (Å²) in [5, 5.41) is 10.6. The topological polar surface area (TPSA) is 124 Å². The van der Waals surface area contributed by atoms with E-state index in [4.69, 9.17) is 4.74 Å². The van der Waals surface area contributed by atoms with Crippen LogP contribution in [0.25, 0.3) is 0 Å². The van der Waals surface area contributed by atoms with Crippen LogP contribution in [0, 0.1) is 10.1 Å². The van der Waals surface area contributed by atoms with E-state index < -0.39 is 21.9 Å². The van der Waals surface area contributed by atoms with Gasteiger partial charge in [0.15, 0.2) is 0 Å². The number of rotatable bonds is 9. The molecule has 0 saturated carbocycles. The summed E-state index contributed by atoms with van der Waals surface area (Å²) in [4.78, 5) is 45.6. The standard InChI is InChI=1S/C13H19N3O6/c1-2-22-11(17)7-5-3-4-6-8-15-9-10(16(20)21)12(18)14-13(15)19/h9H,2-8H2,1H3,(H,14,18,19). The Morgan fingerprint density at radius 3 is 2.64 bits per heavy atom. The summed E-state index contributed by atoms with van der Waals surface area (Å²) in [6.07, 6.45) is 4.18. The Morgan fingerprint density at radius 1 is 1.32 bits per heavy atom. The number of esters is 1. The number of carbonyl (C=O) groups is 1. The average molecular weight is 313 g/mol. The normalized spacial score (nSPS) is 10.4. The Bertz CT molecular complexity index is 633. The van der Waals surface area contributed by atoms with Crippen molar-refractivity contribution >= 4 is 11.7 Å². The largest absolute Gasteiger partial charge is 0.466 e. The molecule has 0 aliphatic rings. The van der Waals surface area contributed by atoms with Gasteiger partial charge in [-0.2, -0.15) is 0 Å². The number of aromatic amines is 1. The average Bonchev–Trinajstić information content (AvgIpc) is 2.44. The van der Waals surface area contributed by atoms with Gasteiger partial charge < -0.3 is 4.74 Å². The van der Waals surface area contributed by atoms with Crippen LogP contribution in [0.4, 0.5) is 5.69 Å². The molecular weight excluding hydrogens is 294 g/mol. The first-order valence-electron chi connectivity index (χ1n) is 7.09. The summed E-state index contributed by atoms with van der Waals surface area (Å²) in [6, 6.07) is 0. The first-order chi connectivity index (χ1) is 10.5. The summed E-state index contributed by atoms with van der Waals surface area (Å²) in [6.45, 7) is 2.39. The van der Waals surface area contributed by atoms with Crippen LogP contribution in [0.2, 0.25) is 0 Å². The molecule has 0 saturated heterocycles. The van der Waals surface area contributed by atoms with Crippen molar-refractivity contribution in [1.82, 2.24) is 9.55 Å². The van der Waals surface area contributed by atoms with Crippen LogP contribution in [-0.4, -0.2) is 27.1 Å². The third-order valence-corrected chi connectivity index (χ3v) is 3.02. The number of nitrogens with zero attached hydrogens (tertiary/aromatic N) is 2. The Hall–Kier alpha value is -2.45. The van der Waals surface area contributed by atoms with Crippen molar-refractivity contribution in [3.8, 4) is 0 Å². The maximum atomic E-state index is 11.5. The summed E-state index contributed by atoms with van der Waals surface area (Å²) in [5.41, 5.74) is -2.32. The van der Waals surface area contributed by atoms with E-state index in [0.717, 1.165) is 23.6 Å². The lowest BCUT2D eigenvalue weighted by molar-refractivity contribution is -0.386. The van der Waals surface area contributed by atoms with Crippen molar-refractivity contribution < 1.29 is 14.5 Å². The maximum absolute atomic E-state index is 11.5. The number of nitrogens with one attached hydrogen (secondary N) is 1. The highest BCUT2D eigenvalue weighted by atomic mass is 16.6. The summed E-state index contributed by atoms with van der Waals surface area (Å²) in [7, 11) is 0. The minimum Gasteiger partial charge on any atom is -0.466 e. The van der Waals surface area contributed by atoms with Gasteiger partial charge in [-0.3, -0.25) is 29.3 Å². The molecule has 0 atom stereocenters. The molecule has 0 amide bonds. The van der Waals surface area contributed by atoms with E-state index >= 15 is 0 Å². The molecule has 1 heterocycles. The van der Waals surface area contributed by atoms with Crippen molar-refractivity contribution in [2.75, 3.05) is 6.61 Å². The van der Waals surface area contributed by atoms with Crippen molar-refractivity contribution in [2.45, 2.75) is 45.6 Å². The van der Waals surface area contributed by atoms with Gasteiger partial charge in [-0.1, -0.05) is 12.8 Å². The molecule has 1 aromatic rings. The summed E-state index contributed by atoms with van der Waals surface area (Å²) >= 11 is 0. The lowest BCUT2D eigenvalue weighted by atomic mass is 10.1. The van der Waals surface area contributed by atoms with Crippen molar-refractivity contribution in [3.05, 3.63) is 37.1 Å². The lowest BCUT2D eigenvalue weighted by Crippen LogP contribution is -2.30. The number of carbonyl (C=O) groups excluding carboxylic acids is 1. The van der Waals surface area contributed by atoms with E-state index in [1.807, 2.05) is 4.98 Å². The van der Waals surface area contributed by atoms with Gasteiger partial charge in [0.2, 0.25) is 0 Å². The number of aromatic nitrogens is 2. The highest BCUT2D eigenvalue weighted by molar-refractivity contribution is 5.69. The number of unbranched alkanes of at least 4 members (excludes halogenated alkanes) is 3. The second-order valence-electron chi connectivity index (χ2n) is 4.69. The van der Waals surface area contributed by atoms with Crippen LogP contribution in [0.15, 0.2) is 15.8 Å². The zero-order valence-electron chi connectivity index (χ0n) is 12.4. The number of aryl methyl sites for hydroxylation is 1. The summed E-state index contributed by atoms with van der Waals surface area (Å²) in [5.74, 6) is -0.227. The van der Waals surface area contributed by atoms with Crippen LogP contribution in [0.3, 0.4) is 0 Å². The molecule has 22 heavy (non-hydrogen) atoms. The Kier molecular flexibility index (Phi) is 7.00. The molecule has 0 unspecified atom stereocenters.